The molecule has 0 fully saturated rings. The lowest BCUT2D eigenvalue weighted by molar-refractivity contribution is 0.151. The van der Waals surface area contributed by atoms with Crippen molar-refractivity contribution < 1.29 is 13.5 Å². The van der Waals surface area contributed by atoms with Crippen molar-refractivity contribution in [3.63, 3.8) is 0 Å². The van der Waals surface area contributed by atoms with Gasteiger partial charge in [-0.15, -0.1) is 0 Å². The Morgan fingerprint density at radius 2 is 2.00 bits per heavy atom. The second-order valence-electron chi connectivity index (χ2n) is 4.25. The molecule has 0 saturated carbocycles. The Hall–Kier alpha value is -1.62. The van der Waals surface area contributed by atoms with Crippen LogP contribution in [0.4, 0.5) is 14.5 Å². The van der Waals surface area contributed by atoms with Gasteiger partial charge in [0, 0.05) is 17.8 Å². The molecule has 0 spiro atoms. The Bertz CT molecular complexity index is 590. The van der Waals surface area contributed by atoms with Crippen LogP contribution < -0.4 is 10.1 Å². The van der Waals surface area contributed by atoms with Crippen LogP contribution in [0.3, 0.4) is 0 Å². The van der Waals surface area contributed by atoms with Gasteiger partial charge in [-0.3, -0.25) is 0 Å². The van der Waals surface area contributed by atoms with Gasteiger partial charge >= 0.3 is 0 Å². The first-order chi connectivity index (χ1) is 9.60. The van der Waals surface area contributed by atoms with Crippen LogP contribution in [0.25, 0.3) is 0 Å². The van der Waals surface area contributed by atoms with Gasteiger partial charge in [-0.2, -0.15) is 0 Å². The molecule has 106 valence electrons. The van der Waals surface area contributed by atoms with E-state index in [1.807, 2.05) is 24.3 Å². The first-order valence-electron chi connectivity index (χ1n) is 6.04. The van der Waals surface area contributed by atoms with Crippen molar-refractivity contribution in [2.24, 2.45) is 0 Å². The molecular formula is C15H14BrF2NO. The summed E-state index contributed by atoms with van der Waals surface area (Å²) < 4.78 is 31.2. The van der Waals surface area contributed by atoms with E-state index in [1.54, 1.807) is 13.2 Å². The third kappa shape index (κ3) is 3.70. The summed E-state index contributed by atoms with van der Waals surface area (Å²) >= 11 is 3.40. The van der Waals surface area contributed by atoms with E-state index in [4.69, 9.17) is 4.74 Å². The van der Waals surface area contributed by atoms with Gasteiger partial charge in [0.15, 0.2) is 0 Å². The Balaban J connectivity index is 2.05. The first kappa shape index (κ1) is 14.8. The van der Waals surface area contributed by atoms with E-state index < -0.39 is 6.43 Å². The normalized spacial score (nSPS) is 10.7. The molecule has 2 aromatic rings. The summed E-state index contributed by atoms with van der Waals surface area (Å²) in [6.45, 7) is 0.485. The number of nitrogens with one attached hydrogen (secondary N) is 1. The Morgan fingerprint density at radius 1 is 1.20 bits per heavy atom. The molecule has 2 nitrogen and oxygen atoms in total. The predicted molar refractivity (Wildman–Crippen MR) is 79.4 cm³/mol. The number of hydrogen-bond donors (Lipinski definition) is 1. The highest BCUT2D eigenvalue weighted by molar-refractivity contribution is 9.10. The van der Waals surface area contributed by atoms with Crippen molar-refractivity contribution in [1.29, 1.82) is 0 Å². The lowest BCUT2D eigenvalue weighted by Gasteiger charge is -2.10. The maximum atomic E-state index is 12.6. The van der Waals surface area contributed by atoms with Gasteiger partial charge in [0.25, 0.3) is 6.43 Å². The van der Waals surface area contributed by atoms with E-state index in [0.717, 1.165) is 21.5 Å². The fourth-order valence-corrected chi connectivity index (χ4v) is 2.36. The molecular weight excluding hydrogens is 328 g/mol. The molecule has 0 heterocycles. The molecule has 0 aliphatic heterocycles. The highest BCUT2D eigenvalue weighted by Gasteiger charge is 2.07. The average molecular weight is 342 g/mol. The zero-order valence-corrected chi connectivity index (χ0v) is 12.5. The summed E-state index contributed by atoms with van der Waals surface area (Å²) in [5.74, 6) is 0.746. The first-order valence-corrected chi connectivity index (χ1v) is 6.84. The van der Waals surface area contributed by atoms with Crippen molar-refractivity contribution in [2.75, 3.05) is 12.4 Å². The number of rotatable bonds is 5. The summed E-state index contributed by atoms with van der Waals surface area (Å²) in [7, 11) is 1.60. The molecule has 0 amide bonds. The molecule has 2 aromatic carbocycles. The smallest absolute Gasteiger partial charge is 0.263 e. The van der Waals surface area contributed by atoms with Crippen LogP contribution in [0.1, 0.15) is 17.6 Å². The number of ether oxygens (including phenoxy) is 1. The van der Waals surface area contributed by atoms with Crippen molar-refractivity contribution in [3.05, 3.63) is 58.1 Å². The van der Waals surface area contributed by atoms with E-state index >= 15 is 0 Å². The van der Waals surface area contributed by atoms with Crippen LogP contribution in [0.15, 0.2) is 46.9 Å². The van der Waals surface area contributed by atoms with Crippen LogP contribution in [-0.4, -0.2) is 7.11 Å². The van der Waals surface area contributed by atoms with Crippen LogP contribution in [0.2, 0.25) is 0 Å². The summed E-state index contributed by atoms with van der Waals surface area (Å²) in [5, 5.41) is 3.19. The Morgan fingerprint density at radius 3 is 2.65 bits per heavy atom. The average Bonchev–Trinajstić information content (AvgIpc) is 2.45. The van der Waals surface area contributed by atoms with E-state index in [1.165, 1.54) is 12.1 Å². The third-order valence-electron chi connectivity index (χ3n) is 2.85. The summed E-state index contributed by atoms with van der Waals surface area (Å²) in [6.07, 6.45) is -2.44. The van der Waals surface area contributed by atoms with Crippen molar-refractivity contribution in [3.8, 4) is 5.75 Å². The molecule has 0 aliphatic carbocycles. The summed E-state index contributed by atoms with van der Waals surface area (Å²) in [5.41, 5.74) is 1.75. The number of benzene rings is 2. The van der Waals surface area contributed by atoms with Gasteiger partial charge < -0.3 is 10.1 Å². The molecule has 0 saturated heterocycles. The second kappa shape index (κ2) is 6.70. The summed E-state index contributed by atoms with van der Waals surface area (Å²) in [4.78, 5) is 0. The highest BCUT2D eigenvalue weighted by atomic mass is 79.9. The highest BCUT2D eigenvalue weighted by Crippen LogP contribution is 2.28. The Kier molecular flexibility index (Phi) is 4.95. The lowest BCUT2D eigenvalue weighted by Crippen LogP contribution is -2.00. The third-order valence-corrected chi connectivity index (χ3v) is 3.47. The molecule has 5 heteroatoms. The molecule has 0 radical (unpaired) electrons. The minimum Gasteiger partial charge on any atom is -0.496 e. The maximum Gasteiger partial charge on any atom is 0.263 e. The number of anilines is 1. The zero-order chi connectivity index (χ0) is 14.5. The molecule has 2 rings (SSSR count). The predicted octanol–water partition coefficient (Wildman–Crippen LogP) is 5.01. The van der Waals surface area contributed by atoms with Gasteiger partial charge in [0.1, 0.15) is 5.75 Å². The molecule has 0 unspecified atom stereocenters. The topological polar surface area (TPSA) is 21.3 Å². The molecule has 0 atom stereocenters. The van der Waals surface area contributed by atoms with Gasteiger partial charge in [0.05, 0.1) is 11.6 Å². The van der Waals surface area contributed by atoms with E-state index in [-0.39, 0.29) is 5.56 Å². The van der Waals surface area contributed by atoms with E-state index in [9.17, 15) is 8.78 Å². The van der Waals surface area contributed by atoms with Crippen LogP contribution in [-0.2, 0) is 6.54 Å². The minimum atomic E-state index is -2.44. The van der Waals surface area contributed by atoms with Gasteiger partial charge in [-0.25, -0.2) is 8.78 Å². The standard InChI is InChI=1S/C15H14BrF2NO/c1-20-14-6-5-12(8-13(14)16)19-9-10-3-2-4-11(7-10)15(17)18/h2-8,15,19H,9H2,1H3. The fourth-order valence-electron chi connectivity index (χ4n) is 1.82. The number of halogens is 3. The van der Waals surface area contributed by atoms with Gasteiger partial charge in [-0.1, -0.05) is 18.2 Å². The molecule has 0 bridgehead atoms. The van der Waals surface area contributed by atoms with Crippen LogP contribution >= 0.6 is 15.9 Å². The second-order valence-corrected chi connectivity index (χ2v) is 5.10. The van der Waals surface area contributed by atoms with Crippen molar-refractivity contribution in [1.82, 2.24) is 0 Å². The molecule has 0 aliphatic rings. The minimum absolute atomic E-state index is 0.0419. The van der Waals surface area contributed by atoms with Crippen molar-refractivity contribution in [2.45, 2.75) is 13.0 Å². The fraction of sp³-hybridized carbons (Fsp3) is 0.200. The monoisotopic (exact) mass is 341 g/mol. The lowest BCUT2D eigenvalue weighted by atomic mass is 10.1. The van der Waals surface area contributed by atoms with E-state index in [2.05, 4.69) is 21.2 Å². The molecule has 20 heavy (non-hydrogen) atoms. The maximum absolute atomic E-state index is 12.6. The van der Waals surface area contributed by atoms with Gasteiger partial charge in [-0.05, 0) is 45.8 Å². The molecule has 1 N–H and O–H groups in total. The summed E-state index contributed by atoms with van der Waals surface area (Å²) in [6, 6.07) is 12.0. The Labute approximate surface area is 124 Å². The quantitative estimate of drug-likeness (QED) is 0.825. The van der Waals surface area contributed by atoms with Gasteiger partial charge in [0.2, 0.25) is 0 Å². The van der Waals surface area contributed by atoms with Crippen LogP contribution in [0.5, 0.6) is 5.75 Å². The SMILES string of the molecule is COc1ccc(NCc2cccc(C(F)F)c2)cc1Br. The van der Waals surface area contributed by atoms with Crippen molar-refractivity contribution >= 4 is 21.6 Å². The largest absolute Gasteiger partial charge is 0.496 e. The van der Waals surface area contributed by atoms with E-state index in [0.29, 0.717) is 6.54 Å². The molecule has 0 aromatic heterocycles. The number of alkyl halides is 2. The number of methoxy groups -OCH3 is 1. The number of hydrogen-bond acceptors (Lipinski definition) is 2. The van der Waals surface area contributed by atoms with Crippen LogP contribution in [0, 0.1) is 0 Å². The zero-order valence-electron chi connectivity index (χ0n) is 10.9.